The molecule has 1 aromatic rings. The van der Waals surface area contributed by atoms with E-state index in [1.807, 2.05) is 23.1 Å². The van der Waals surface area contributed by atoms with Crippen molar-refractivity contribution in [2.45, 2.75) is 69.6 Å². The SMILES string of the molecule is COC(=O)c1ccc([C@H]2C=C(C(=O)N3CCC(N4CCCCC4)CC3)O[C@@H](OCCCCO)C2)cc1. The second-order valence-corrected chi connectivity index (χ2v) is 9.96. The fourth-order valence-electron chi connectivity index (χ4n) is 5.43. The summed E-state index contributed by atoms with van der Waals surface area (Å²) >= 11 is 0. The van der Waals surface area contributed by atoms with Crippen LogP contribution in [0.5, 0.6) is 0 Å². The molecule has 1 N–H and O–H groups in total. The summed E-state index contributed by atoms with van der Waals surface area (Å²) in [7, 11) is 1.36. The minimum absolute atomic E-state index is 0.0712. The van der Waals surface area contributed by atoms with E-state index in [-0.39, 0.29) is 24.4 Å². The van der Waals surface area contributed by atoms with E-state index in [2.05, 4.69) is 4.90 Å². The molecule has 36 heavy (non-hydrogen) atoms. The van der Waals surface area contributed by atoms with Crippen LogP contribution in [0, 0.1) is 0 Å². The number of methoxy groups -OCH3 is 1. The molecule has 8 heteroatoms. The molecule has 0 spiro atoms. The largest absolute Gasteiger partial charge is 0.465 e. The number of amides is 1. The number of nitrogens with zero attached hydrogens (tertiary/aromatic N) is 2. The summed E-state index contributed by atoms with van der Waals surface area (Å²) in [5, 5.41) is 9.05. The number of benzene rings is 1. The number of ether oxygens (including phenoxy) is 3. The number of aliphatic hydroxyl groups excluding tert-OH is 1. The second-order valence-electron chi connectivity index (χ2n) is 9.96. The van der Waals surface area contributed by atoms with Crippen LogP contribution < -0.4 is 0 Å². The van der Waals surface area contributed by atoms with E-state index >= 15 is 0 Å². The van der Waals surface area contributed by atoms with Crippen molar-refractivity contribution in [3.05, 3.63) is 47.2 Å². The van der Waals surface area contributed by atoms with Crippen molar-refractivity contribution >= 4 is 11.9 Å². The summed E-state index contributed by atoms with van der Waals surface area (Å²) in [5.74, 6) is -0.185. The standard InChI is InChI=1S/C28H40N2O6/c1-34-28(33)22-9-7-21(8-10-22)23-19-25(36-26(20-23)35-18-6-5-17-31)27(32)30-15-11-24(12-16-30)29-13-3-2-4-14-29/h7-10,19,23-24,26,31H,2-6,11-18,20H2,1H3/t23-,26+/m0/s1. The minimum atomic E-state index is -0.538. The molecule has 198 valence electrons. The van der Waals surface area contributed by atoms with Crippen LogP contribution in [-0.2, 0) is 19.0 Å². The van der Waals surface area contributed by atoms with Crippen molar-refractivity contribution in [1.29, 1.82) is 0 Å². The van der Waals surface area contributed by atoms with Crippen molar-refractivity contribution in [2.75, 3.05) is 46.5 Å². The lowest BCUT2D eigenvalue weighted by molar-refractivity contribution is -0.153. The molecule has 3 aliphatic rings. The average Bonchev–Trinajstić information content (AvgIpc) is 2.95. The maximum absolute atomic E-state index is 13.5. The first-order chi connectivity index (χ1) is 17.6. The molecule has 0 unspecified atom stereocenters. The molecule has 1 amide bonds. The van der Waals surface area contributed by atoms with Crippen molar-refractivity contribution in [2.24, 2.45) is 0 Å². The van der Waals surface area contributed by atoms with E-state index in [1.165, 1.54) is 39.5 Å². The van der Waals surface area contributed by atoms with Crippen molar-refractivity contribution in [1.82, 2.24) is 9.80 Å². The van der Waals surface area contributed by atoms with Gasteiger partial charge in [-0.15, -0.1) is 0 Å². The first-order valence-corrected chi connectivity index (χ1v) is 13.4. The Bertz CT molecular complexity index is 888. The third-order valence-corrected chi connectivity index (χ3v) is 7.54. The van der Waals surface area contributed by atoms with Gasteiger partial charge in [-0.25, -0.2) is 4.79 Å². The molecule has 0 radical (unpaired) electrons. The molecule has 2 fully saturated rings. The highest BCUT2D eigenvalue weighted by atomic mass is 16.7. The van der Waals surface area contributed by atoms with Gasteiger partial charge in [-0.2, -0.15) is 0 Å². The fourth-order valence-corrected chi connectivity index (χ4v) is 5.43. The highest BCUT2D eigenvalue weighted by molar-refractivity contribution is 5.92. The van der Waals surface area contributed by atoms with Crippen molar-refractivity contribution < 1.29 is 28.9 Å². The third-order valence-electron chi connectivity index (χ3n) is 7.54. The highest BCUT2D eigenvalue weighted by Gasteiger charge is 2.33. The summed E-state index contributed by atoms with van der Waals surface area (Å²) in [6.45, 7) is 4.42. The molecule has 1 aromatic carbocycles. The van der Waals surface area contributed by atoms with Crippen molar-refractivity contribution in [3.8, 4) is 0 Å². The lowest BCUT2D eigenvalue weighted by atomic mass is 9.92. The average molecular weight is 501 g/mol. The summed E-state index contributed by atoms with van der Waals surface area (Å²) in [5.41, 5.74) is 1.48. The van der Waals surface area contributed by atoms with Crippen LogP contribution in [0.1, 0.15) is 73.2 Å². The molecule has 0 bridgehead atoms. The van der Waals surface area contributed by atoms with Gasteiger partial charge in [-0.3, -0.25) is 4.79 Å². The molecule has 3 heterocycles. The number of rotatable bonds is 9. The van der Waals surface area contributed by atoms with E-state index in [9.17, 15) is 9.59 Å². The number of likely N-dealkylation sites (tertiary alicyclic amines) is 2. The number of carbonyl (C=O) groups excluding carboxylic acids is 2. The Hall–Kier alpha value is -2.42. The predicted octanol–water partition coefficient (Wildman–Crippen LogP) is 3.45. The topological polar surface area (TPSA) is 88.5 Å². The van der Waals surface area contributed by atoms with Gasteiger partial charge in [0.05, 0.1) is 19.3 Å². The molecule has 3 aliphatic heterocycles. The quantitative estimate of drug-likeness (QED) is 0.410. The van der Waals surface area contributed by atoms with Gasteiger partial charge in [0.25, 0.3) is 5.91 Å². The first kappa shape index (κ1) is 26.6. The van der Waals surface area contributed by atoms with Crippen LogP contribution in [0.2, 0.25) is 0 Å². The first-order valence-electron chi connectivity index (χ1n) is 13.4. The Labute approximate surface area is 214 Å². The summed E-state index contributed by atoms with van der Waals surface area (Å²) in [6, 6.07) is 7.85. The Morgan fingerprint density at radius 2 is 1.75 bits per heavy atom. The van der Waals surface area contributed by atoms with Gasteiger partial charge in [0, 0.05) is 38.1 Å². The van der Waals surface area contributed by atoms with E-state index in [0.29, 0.717) is 36.8 Å². The lowest BCUT2D eigenvalue weighted by Gasteiger charge is -2.40. The van der Waals surface area contributed by atoms with E-state index in [0.717, 1.165) is 37.9 Å². The van der Waals surface area contributed by atoms with Gasteiger partial charge >= 0.3 is 5.97 Å². The van der Waals surface area contributed by atoms with Gasteiger partial charge in [0.15, 0.2) is 5.76 Å². The molecule has 2 saturated heterocycles. The van der Waals surface area contributed by atoms with Gasteiger partial charge in [0.2, 0.25) is 6.29 Å². The van der Waals surface area contributed by atoms with E-state index in [1.54, 1.807) is 12.1 Å². The smallest absolute Gasteiger partial charge is 0.337 e. The number of piperidine rings is 2. The zero-order valence-electron chi connectivity index (χ0n) is 21.4. The van der Waals surface area contributed by atoms with Crippen molar-refractivity contribution in [3.63, 3.8) is 0 Å². The Balaban J connectivity index is 1.43. The summed E-state index contributed by atoms with van der Waals surface area (Å²) in [4.78, 5) is 29.8. The Morgan fingerprint density at radius 3 is 2.42 bits per heavy atom. The highest BCUT2D eigenvalue weighted by Crippen LogP contribution is 2.33. The normalized spacial score (nSPS) is 23.6. The maximum Gasteiger partial charge on any atom is 0.337 e. The number of aliphatic hydroxyl groups is 1. The summed E-state index contributed by atoms with van der Waals surface area (Å²) < 4.78 is 16.8. The molecule has 0 aliphatic carbocycles. The summed E-state index contributed by atoms with van der Waals surface area (Å²) in [6.07, 6.45) is 9.22. The van der Waals surface area contributed by atoms with Crippen LogP contribution in [-0.4, -0.2) is 85.6 Å². The number of carbonyl (C=O) groups is 2. The molecule has 8 nitrogen and oxygen atoms in total. The second kappa shape index (κ2) is 13.2. The van der Waals surface area contributed by atoms with Gasteiger partial charge in [-0.1, -0.05) is 18.6 Å². The number of allylic oxidation sites excluding steroid dienone is 1. The fraction of sp³-hybridized carbons (Fsp3) is 0.643. The zero-order valence-corrected chi connectivity index (χ0v) is 21.4. The molecule has 2 atom stereocenters. The van der Waals surface area contributed by atoms with Gasteiger partial charge in [-0.05, 0) is 75.4 Å². The van der Waals surface area contributed by atoms with E-state index in [4.69, 9.17) is 19.3 Å². The Morgan fingerprint density at radius 1 is 1.03 bits per heavy atom. The lowest BCUT2D eigenvalue weighted by Crippen LogP contribution is -2.49. The number of unbranched alkanes of at least 4 members (excludes halogenated alkanes) is 1. The third kappa shape index (κ3) is 6.87. The monoisotopic (exact) mass is 500 g/mol. The van der Waals surface area contributed by atoms with Gasteiger partial charge < -0.3 is 29.1 Å². The molecule has 4 rings (SSSR count). The number of hydrogen-bond donors (Lipinski definition) is 1. The van der Waals surface area contributed by atoms with E-state index < -0.39 is 6.29 Å². The minimum Gasteiger partial charge on any atom is -0.465 e. The van der Waals surface area contributed by atoms with Crippen LogP contribution in [0.3, 0.4) is 0 Å². The molecule has 0 saturated carbocycles. The van der Waals surface area contributed by atoms with Crippen LogP contribution in [0.15, 0.2) is 36.1 Å². The number of esters is 1. The van der Waals surface area contributed by atoms with Crippen LogP contribution in [0.25, 0.3) is 0 Å². The number of hydrogen-bond acceptors (Lipinski definition) is 7. The maximum atomic E-state index is 13.5. The molecular formula is C28H40N2O6. The molecule has 0 aromatic heterocycles. The van der Waals surface area contributed by atoms with Crippen LogP contribution in [0.4, 0.5) is 0 Å². The van der Waals surface area contributed by atoms with Crippen LogP contribution >= 0.6 is 0 Å². The predicted molar refractivity (Wildman–Crippen MR) is 135 cm³/mol. The molecular weight excluding hydrogens is 460 g/mol. The Kier molecular flexibility index (Phi) is 9.78. The van der Waals surface area contributed by atoms with Gasteiger partial charge in [0.1, 0.15) is 0 Å². The zero-order chi connectivity index (χ0) is 25.3.